The SMILES string of the molecule is CCCCOCc1ccccc1CCNCC. The third-order valence-electron chi connectivity index (χ3n) is 2.84. The van der Waals surface area contributed by atoms with Crippen LogP contribution >= 0.6 is 0 Å². The Morgan fingerprint density at radius 3 is 2.59 bits per heavy atom. The highest BCUT2D eigenvalue weighted by Gasteiger charge is 2.01. The second-order valence-electron chi connectivity index (χ2n) is 4.28. The average molecular weight is 235 g/mol. The summed E-state index contributed by atoms with van der Waals surface area (Å²) in [6, 6.07) is 8.58. The Morgan fingerprint density at radius 2 is 1.88 bits per heavy atom. The largest absolute Gasteiger partial charge is 0.377 e. The smallest absolute Gasteiger partial charge is 0.0719 e. The van der Waals surface area contributed by atoms with Gasteiger partial charge in [0.25, 0.3) is 0 Å². The number of unbranched alkanes of at least 4 members (excludes halogenated alkanes) is 1. The number of rotatable bonds is 9. The van der Waals surface area contributed by atoms with Gasteiger partial charge >= 0.3 is 0 Å². The third-order valence-corrected chi connectivity index (χ3v) is 2.84. The maximum atomic E-state index is 5.69. The van der Waals surface area contributed by atoms with Crippen LogP contribution in [0.15, 0.2) is 24.3 Å². The van der Waals surface area contributed by atoms with Gasteiger partial charge < -0.3 is 10.1 Å². The summed E-state index contributed by atoms with van der Waals surface area (Å²) in [6.07, 6.45) is 3.43. The average Bonchev–Trinajstić information content (AvgIpc) is 2.36. The van der Waals surface area contributed by atoms with E-state index in [-0.39, 0.29) is 0 Å². The number of ether oxygens (including phenoxy) is 1. The monoisotopic (exact) mass is 235 g/mol. The van der Waals surface area contributed by atoms with Crippen molar-refractivity contribution in [1.29, 1.82) is 0 Å². The van der Waals surface area contributed by atoms with Crippen LogP contribution in [0, 0.1) is 0 Å². The second-order valence-corrected chi connectivity index (χ2v) is 4.28. The Hall–Kier alpha value is -0.860. The summed E-state index contributed by atoms with van der Waals surface area (Å²) >= 11 is 0. The van der Waals surface area contributed by atoms with Crippen molar-refractivity contribution in [2.75, 3.05) is 19.7 Å². The molecule has 0 heterocycles. The van der Waals surface area contributed by atoms with Gasteiger partial charge in [0.05, 0.1) is 6.61 Å². The van der Waals surface area contributed by atoms with Gasteiger partial charge in [0.2, 0.25) is 0 Å². The van der Waals surface area contributed by atoms with Gasteiger partial charge in [-0.2, -0.15) is 0 Å². The highest BCUT2D eigenvalue weighted by Crippen LogP contribution is 2.11. The fourth-order valence-electron chi connectivity index (χ4n) is 1.77. The topological polar surface area (TPSA) is 21.3 Å². The zero-order valence-electron chi connectivity index (χ0n) is 11.2. The van der Waals surface area contributed by atoms with E-state index in [2.05, 4.69) is 43.4 Å². The van der Waals surface area contributed by atoms with Gasteiger partial charge in [0.15, 0.2) is 0 Å². The molecule has 2 heteroatoms. The van der Waals surface area contributed by atoms with Gasteiger partial charge in [-0.1, -0.05) is 44.5 Å². The van der Waals surface area contributed by atoms with Crippen LogP contribution in [0.4, 0.5) is 0 Å². The van der Waals surface area contributed by atoms with E-state index in [1.54, 1.807) is 0 Å². The van der Waals surface area contributed by atoms with E-state index in [9.17, 15) is 0 Å². The number of benzene rings is 1. The molecule has 0 unspecified atom stereocenters. The maximum Gasteiger partial charge on any atom is 0.0719 e. The lowest BCUT2D eigenvalue weighted by Gasteiger charge is -2.10. The summed E-state index contributed by atoms with van der Waals surface area (Å²) in [6.45, 7) is 8.03. The Balaban J connectivity index is 2.40. The first-order valence-corrected chi connectivity index (χ1v) is 6.73. The Morgan fingerprint density at radius 1 is 1.12 bits per heavy atom. The van der Waals surface area contributed by atoms with Gasteiger partial charge in [0.1, 0.15) is 0 Å². The van der Waals surface area contributed by atoms with E-state index in [4.69, 9.17) is 4.74 Å². The molecule has 1 aromatic carbocycles. The molecule has 0 aromatic heterocycles. The maximum absolute atomic E-state index is 5.69. The molecule has 0 amide bonds. The molecule has 0 spiro atoms. The Bertz CT molecular complexity index is 299. The van der Waals surface area contributed by atoms with Crippen LogP contribution in [0.2, 0.25) is 0 Å². The first-order chi connectivity index (χ1) is 8.38. The zero-order valence-corrected chi connectivity index (χ0v) is 11.2. The molecule has 0 aliphatic rings. The summed E-state index contributed by atoms with van der Waals surface area (Å²) in [5.41, 5.74) is 2.74. The quantitative estimate of drug-likeness (QED) is 0.664. The van der Waals surface area contributed by atoms with Crippen molar-refractivity contribution >= 4 is 0 Å². The minimum atomic E-state index is 0.752. The lowest BCUT2D eigenvalue weighted by atomic mass is 10.1. The number of hydrogen-bond donors (Lipinski definition) is 1. The van der Waals surface area contributed by atoms with Gasteiger partial charge in [0, 0.05) is 6.61 Å². The lowest BCUT2D eigenvalue weighted by Crippen LogP contribution is -2.16. The molecule has 0 saturated carbocycles. The summed E-state index contributed by atoms with van der Waals surface area (Å²) < 4.78 is 5.69. The van der Waals surface area contributed by atoms with E-state index >= 15 is 0 Å². The fraction of sp³-hybridized carbons (Fsp3) is 0.600. The summed E-state index contributed by atoms with van der Waals surface area (Å²) in [4.78, 5) is 0. The normalized spacial score (nSPS) is 10.7. The van der Waals surface area contributed by atoms with E-state index < -0.39 is 0 Å². The molecule has 1 aromatic rings. The van der Waals surface area contributed by atoms with Crippen molar-refractivity contribution in [3.63, 3.8) is 0 Å². The minimum absolute atomic E-state index is 0.752. The molecule has 0 aliphatic carbocycles. The molecule has 0 aliphatic heterocycles. The van der Waals surface area contributed by atoms with Gasteiger partial charge in [-0.25, -0.2) is 0 Å². The van der Waals surface area contributed by atoms with Crippen LogP contribution in [0.25, 0.3) is 0 Å². The fourth-order valence-corrected chi connectivity index (χ4v) is 1.77. The van der Waals surface area contributed by atoms with Crippen molar-refractivity contribution < 1.29 is 4.74 Å². The van der Waals surface area contributed by atoms with Crippen molar-refractivity contribution in [2.45, 2.75) is 39.7 Å². The summed E-state index contributed by atoms with van der Waals surface area (Å²) in [7, 11) is 0. The molecule has 0 radical (unpaired) electrons. The van der Waals surface area contributed by atoms with Crippen molar-refractivity contribution in [3.05, 3.63) is 35.4 Å². The molecule has 0 atom stereocenters. The molecular formula is C15H25NO. The van der Waals surface area contributed by atoms with Crippen molar-refractivity contribution in [1.82, 2.24) is 5.32 Å². The van der Waals surface area contributed by atoms with Crippen LogP contribution < -0.4 is 5.32 Å². The predicted octanol–water partition coefficient (Wildman–Crippen LogP) is 3.16. The van der Waals surface area contributed by atoms with E-state index in [1.165, 1.54) is 17.5 Å². The van der Waals surface area contributed by atoms with Gasteiger partial charge in [-0.3, -0.25) is 0 Å². The Kier molecular flexibility index (Phi) is 7.69. The van der Waals surface area contributed by atoms with Crippen LogP contribution in [0.3, 0.4) is 0 Å². The first kappa shape index (κ1) is 14.2. The third kappa shape index (κ3) is 5.85. The minimum Gasteiger partial charge on any atom is -0.377 e. The standard InChI is InChI=1S/C15H25NO/c1-3-5-12-17-13-15-9-7-6-8-14(15)10-11-16-4-2/h6-9,16H,3-5,10-13H2,1-2H3. The van der Waals surface area contributed by atoms with Crippen molar-refractivity contribution in [3.8, 4) is 0 Å². The van der Waals surface area contributed by atoms with Crippen molar-refractivity contribution in [2.24, 2.45) is 0 Å². The first-order valence-electron chi connectivity index (χ1n) is 6.73. The van der Waals surface area contributed by atoms with E-state index in [1.807, 2.05) is 0 Å². The predicted molar refractivity (Wildman–Crippen MR) is 73.3 cm³/mol. The summed E-state index contributed by atoms with van der Waals surface area (Å²) in [5.74, 6) is 0. The molecule has 2 nitrogen and oxygen atoms in total. The molecule has 1 rings (SSSR count). The molecule has 17 heavy (non-hydrogen) atoms. The number of likely N-dealkylation sites (N-methyl/N-ethyl adjacent to an activating group) is 1. The van der Waals surface area contributed by atoms with Gasteiger partial charge in [-0.05, 0) is 37.1 Å². The van der Waals surface area contributed by atoms with E-state index in [0.29, 0.717) is 0 Å². The van der Waals surface area contributed by atoms with Crippen LogP contribution in [0.5, 0.6) is 0 Å². The van der Waals surface area contributed by atoms with Crippen LogP contribution in [-0.2, 0) is 17.8 Å². The lowest BCUT2D eigenvalue weighted by molar-refractivity contribution is 0.117. The highest BCUT2D eigenvalue weighted by atomic mass is 16.5. The van der Waals surface area contributed by atoms with Gasteiger partial charge in [-0.15, -0.1) is 0 Å². The molecule has 1 N–H and O–H groups in total. The van der Waals surface area contributed by atoms with Crippen LogP contribution in [-0.4, -0.2) is 19.7 Å². The number of nitrogens with one attached hydrogen (secondary N) is 1. The molecule has 0 bridgehead atoms. The second kappa shape index (κ2) is 9.20. The zero-order chi connectivity index (χ0) is 12.3. The Labute approximate surface area is 105 Å². The summed E-state index contributed by atoms with van der Waals surface area (Å²) in [5, 5.41) is 3.36. The molecule has 0 saturated heterocycles. The molecular weight excluding hydrogens is 210 g/mol. The van der Waals surface area contributed by atoms with E-state index in [0.717, 1.165) is 39.1 Å². The number of hydrogen-bond acceptors (Lipinski definition) is 2. The van der Waals surface area contributed by atoms with Crippen LogP contribution in [0.1, 0.15) is 37.8 Å². The molecule has 0 fully saturated rings. The molecule has 96 valence electrons. The highest BCUT2D eigenvalue weighted by molar-refractivity contribution is 5.26.